The van der Waals surface area contributed by atoms with Gasteiger partial charge in [0.1, 0.15) is 11.4 Å². The Morgan fingerprint density at radius 3 is 2.50 bits per heavy atom. The topological polar surface area (TPSA) is 50.5 Å². The molecule has 0 radical (unpaired) electrons. The number of ether oxygens (including phenoxy) is 1. The SMILES string of the molecule is COC1CN(CC2Cc3ccccc3C2)CCC1n1c(C(C)(C)O)nc2cc(C)ccc21. The highest BCUT2D eigenvalue weighted by molar-refractivity contribution is 5.77. The van der Waals surface area contributed by atoms with E-state index in [4.69, 9.17) is 9.72 Å². The van der Waals surface area contributed by atoms with Crippen LogP contribution in [0.15, 0.2) is 42.5 Å². The lowest BCUT2D eigenvalue weighted by molar-refractivity contribution is -0.0151. The second-order valence-corrected chi connectivity index (χ2v) is 10.3. The van der Waals surface area contributed by atoms with E-state index in [-0.39, 0.29) is 12.1 Å². The van der Waals surface area contributed by atoms with Gasteiger partial charge in [0.25, 0.3) is 0 Å². The number of aliphatic hydroxyl groups is 1. The van der Waals surface area contributed by atoms with E-state index in [0.717, 1.165) is 42.9 Å². The first-order valence-corrected chi connectivity index (χ1v) is 11.9. The van der Waals surface area contributed by atoms with Gasteiger partial charge in [-0.1, -0.05) is 30.3 Å². The van der Waals surface area contributed by atoms with Crippen LogP contribution in [0.2, 0.25) is 0 Å². The van der Waals surface area contributed by atoms with Crippen molar-refractivity contribution in [2.75, 3.05) is 26.7 Å². The molecule has 2 unspecified atom stereocenters. The summed E-state index contributed by atoms with van der Waals surface area (Å²) < 4.78 is 8.31. The van der Waals surface area contributed by atoms with Gasteiger partial charge in [0.05, 0.1) is 23.2 Å². The summed E-state index contributed by atoms with van der Waals surface area (Å²) in [5, 5.41) is 10.9. The number of nitrogens with zero attached hydrogens (tertiary/aromatic N) is 3. The maximum Gasteiger partial charge on any atom is 0.141 e. The van der Waals surface area contributed by atoms with E-state index in [9.17, 15) is 5.11 Å². The van der Waals surface area contributed by atoms with E-state index >= 15 is 0 Å². The van der Waals surface area contributed by atoms with Crippen LogP contribution in [0.25, 0.3) is 11.0 Å². The van der Waals surface area contributed by atoms with Gasteiger partial charge in [0.2, 0.25) is 0 Å². The van der Waals surface area contributed by atoms with Gasteiger partial charge in [0, 0.05) is 26.7 Å². The predicted octanol–water partition coefficient (Wildman–Crippen LogP) is 4.25. The second kappa shape index (κ2) is 8.29. The zero-order valence-electron chi connectivity index (χ0n) is 19.7. The van der Waals surface area contributed by atoms with E-state index in [1.54, 1.807) is 0 Å². The Morgan fingerprint density at radius 1 is 1.12 bits per heavy atom. The molecule has 170 valence electrons. The molecule has 5 nitrogen and oxygen atoms in total. The molecule has 1 saturated heterocycles. The smallest absolute Gasteiger partial charge is 0.141 e. The normalized spacial score (nSPS) is 22.5. The van der Waals surface area contributed by atoms with Gasteiger partial charge in [-0.3, -0.25) is 0 Å². The molecule has 2 atom stereocenters. The number of hydrogen-bond acceptors (Lipinski definition) is 4. The lowest BCUT2D eigenvalue weighted by Gasteiger charge is -2.40. The van der Waals surface area contributed by atoms with Crippen LogP contribution in [0.5, 0.6) is 0 Å². The molecule has 2 aliphatic rings. The summed E-state index contributed by atoms with van der Waals surface area (Å²) in [6, 6.07) is 15.4. The van der Waals surface area contributed by atoms with Crippen LogP contribution in [0, 0.1) is 12.8 Å². The van der Waals surface area contributed by atoms with Crippen LogP contribution in [0.3, 0.4) is 0 Å². The van der Waals surface area contributed by atoms with Gasteiger partial charge in [-0.2, -0.15) is 0 Å². The van der Waals surface area contributed by atoms with Crippen molar-refractivity contribution in [1.29, 1.82) is 0 Å². The summed E-state index contributed by atoms with van der Waals surface area (Å²) in [7, 11) is 1.82. The van der Waals surface area contributed by atoms with E-state index in [1.165, 1.54) is 29.5 Å². The Kier molecular flexibility index (Phi) is 5.60. The van der Waals surface area contributed by atoms with Crippen LogP contribution in [0.1, 0.15) is 48.8 Å². The molecule has 1 N–H and O–H groups in total. The number of methoxy groups -OCH3 is 1. The largest absolute Gasteiger partial charge is 0.383 e. The molecule has 5 heteroatoms. The van der Waals surface area contributed by atoms with Crippen LogP contribution in [-0.4, -0.2) is 52.4 Å². The van der Waals surface area contributed by atoms with Crippen molar-refractivity contribution in [3.8, 4) is 0 Å². The van der Waals surface area contributed by atoms with Crippen molar-refractivity contribution in [3.63, 3.8) is 0 Å². The first-order valence-electron chi connectivity index (χ1n) is 11.9. The van der Waals surface area contributed by atoms with Crippen molar-refractivity contribution < 1.29 is 9.84 Å². The fraction of sp³-hybridized carbons (Fsp3) is 0.519. The Labute approximate surface area is 191 Å². The number of benzene rings is 2. The van der Waals surface area contributed by atoms with E-state index < -0.39 is 5.60 Å². The zero-order chi connectivity index (χ0) is 22.5. The van der Waals surface area contributed by atoms with E-state index in [1.807, 2.05) is 21.0 Å². The molecule has 0 spiro atoms. The highest BCUT2D eigenvalue weighted by Gasteiger charge is 2.37. The number of imidazole rings is 1. The maximum absolute atomic E-state index is 10.9. The second-order valence-electron chi connectivity index (χ2n) is 10.3. The van der Waals surface area contributed by atoms with Crippen molar-refractivity contribution >= 4 is 11.0 Å². The van der Waals surface area contributed by atoms with Gasteiger partial charge in [-0.05, 0) is 74.8 Å². The molecule has 0 bridgehead atoms. The molecular formula is C27H35N3O2. The maximum atomic E-state index is 10.9. The molecule has 0 saturated carbocycles. The van der Waals surface area contributed by atoms with Crippen molar-refractivity contribution in [1.82, 2.24) is 14.5 Å². The third-order valence-electron chi connectivity index (χ3n) is 7.29. The predicted molar refractivity (Wildman–Crippen MR) is 128 cm³/mol. The molecule has 1 aliphatic heterocycles. The van der Waals surface area contributed by atoms with Crippen molar-refractivity contribution in [2.24, 2.45) is 5.92 Å². The summed E-state index contributed by atoms with van der Waals surface area (Å²) in [5.74, 6) is 1.41. The fourth-order valence-electron chi connectivity index (χ4n) is 5.78. The number of rotatable bonds is 5. The van der Waals surface area contributed by atoms with Gasteiger partial charge in [0.15, 0.2) is 0 Å². The Morgan fingerprint density at radius 2 is 1.84 bits per heavy atom. The van der Waals surface area contributed by atoms with Crippen LogP contribution in [0.4, 0.5) is 0 Å². The first-order chi connectivity index (χ1) is 15.3. The summed E-state index contributed by atoms with van der Waals surface area (Å²) in [5.41, 5.74) is 5.23. The molecule has 2 aromatic carbocycles. The van der Waals surface area contributed by atoms with Gasteiger partial charge < -0.3 is 19.3 Å². The molecule has 1 aromatic heterocycles. The van der Waals surface area contributed by atoms with Gasteiger partial charge in [-0.15, -0.1) is 0 Å². The lowest BCUT2D eigenvalue weighted by atomic mass is 9.97. The summed E-state index contributed by atoms with van der Waals surface area (Å²) in [6.07, 6.45) is 3.41. The van der Waals surface area contributed by atoms with Crippen LogP contribution < -0.4 is 0 Å². The highest BCUT2D eigenvalue weighted by atomic mass is 16.5. The minimum absolute atomic E-state index is 0.0623. The average molecular weight is 434 g/mol. The molecule has 2 heterocycles. The van der Waals surface area contributed by atoms with Gasteiger partial charge in [-0.25, -0.2) is 4.98 Å². The quantitative estimate of drug-likeness (QED) is 0.654. The average Bonchev–Trinajstić information content (AvgIpc) is 3.34. The van der Waals surface area contributed by atoms with E-state index in [0.29, 0.717) is 5.92 Å². The molecule has 5 rings (SSSR count). The molecule has 32 heavy (non-hydrogen) atoms. The standard InChI is InChI=1S/C27H35N3O2/c1-18-9-10-23-22(13-18)28-26(27(2,3)31)30(23)24-11-12-29(17-25(24)32-4)16-19-14-20-7-5-6-8-21(20)15-19/h5-10,13,19,24-25,31H,11-12,14-17H2,1-4H3. The van der Waals surface area contributed by atoms with E-state index in [2.05, 4.69) is 58.9 Å². The lowest BCUT2D eigenvalue weighted by Crippen LogP contribution is -2.47. The number of aryl methyl sites for hydroxylation is 1. The number of piperidine rings is 1. The summed E-state index contributed by atoms with van der Waals surface area (Å²) >= 11 is 0. The van der Waals surface area contributed by atoms with Crippen LogP contribution >= 0.6 is 0 Å². The number of hydrogen-bond donors (Lipinski definition) is 1. The Hall–Kier alpha value is -2.21. The minimum Gasteiger partial charge on any atom is -0.383 e. The molecule has 3 aromatic rings. The number of fused-ring (bicyclic) bond motifs is 2. The first kappa shape index (κ1) is 21.6. The Bertz CT molecular complexity index is 1090. The Balaban J connectivity index is 1.38. The fourth-order valence-corrected chi connectivity index (χ4v) is 5.78. The van der Waals surface area contributed by atoms with Crippen LogP contribution in [-0.2, 0) is 23.2 Å². The van der Waals surface area contributed by atoms with Crippen molar-refractivity contribution in [2.45, 2.75) is 57.8 Å². The third-order valence-corrected chi connectivity index (χ3v) is 7.29. The minimum atomic E-state index is -1.02. The molecule has 1 fully saturated rings. The third kappa shape index (κ3) is 3.98. The molecular weight excluding hydrogens is 398 g/mol. The summed E-state index contributed by atoms with van der Waals surface area (Å²) in [4.78, 5) is 7.44. The highest BCUT2D eigenvalue weighted by Crippen LogP contribution is 2.35. The molecule has 1 aliphatic carbocycles. The summed E-state index contributed by atoms with van der Waals surface area (Å²) in [6.45, 7) is 8.79. The molecule has 0 amide bonds. The number of likely N-dealkylation sites (tertiary alicyclic amines) is 1. The van der Waals surface area contributed by atoms with Crippen molar-refractivity contribution in [3.05, 3.63) is 65.0 Å². The monoisotopic (exact) mass is 433 g/mol. The zero-order valence-corrected chi connectivity index (χ0v) is 19.7. The number of aromatic nitrogens is 2. The van der Waals surface area contributed by atoms with Gasteiger partial charge >= 0.3 is 0 Å².